The second kappa shape index (κ2) is 7.66. The SMILES string of the molecule is CCC(CC)(CO)Nc1ncc2cc(-c3ccccc3Cl)c(=O)n(C)c2n1. The monoisotopic (exact) mass is 386 g/mol. The first-order valence-corrected chi connectivity index (χ1v) is 9.33. The lowest BCUT2D eigenvalue weighted by Gasteiger charge is -2.30. The Morgan fingerprint density at radius 1 is 1.22 bits per heavy atom. The Balaban J connectivity index is 2.12. The van der Waals surface area contributed by atoms with Gasteiger partial charge in [-0.05, 0) is 25.0 Å². The van der Waals surface area contributed by atoms with E-state index in [4.69, 9.17) is 11.6 Å². The molecule has 3 rings (SSSR count). The molecule has 0 fully saturated rings. The summed E-state index contributed by atoms with van der Waals surface area (Å²) in [6.07, 6.45) is 3.13. The van der Waals surface area contributed by atoms with Crippen molar-refractivity contribution in [2.75, 3.05) is 11.9 Å². The van der Waals surface area contributed by atoms with E-state index in [1.807, 2.05) is 32.0 Å². The van der Waals surface area contributed by atoms with Crippen molar-refractivity contribution in [3.63, 3.8) is 0 Å². The van der Waals surface area contributed by atoms with E-state index in [1.165, 1.54) is 4.57 Å². The largest absolute Gasteiger partial charge is 0.394 e. The number of aromatic nitrogens is 3. The van der Waals surface area contributed by atoms with Crippen LogP contribution in [0.15, 0.2) is 41.3 Å². The average Bonchev–Trinajstić information content (AvgIpc) is 2.70. The summed E-state index contributed by atoms with van der Waals surface area (Å²) in [7, 11) is 1.68. The molecule has 2 aromatic heterocycles. The van der Waals surface area contributed by atoms with Gasteiger partial charge in [0.2, 0.25) is 5.95 Å². The van der Waals surface area contributed by atoms with E-state index < -0.39 is 5.54 Å². The highest BCUT2D eigenvalue weighted by Gasteiger charge is 2.26. The number of rotatable bonds is 6. The predicted molar refractivity (Wildman–Crippen MR) is 109 cm³/mol. The van der Waals surface area contributed by atoms with Crippen molar-refractivity contribution >= 4 is 28.6 Å². The van der Waals surface area contributed by atoms with Crippen LogP contribution in [0.25, 0.3) is 22.2 Å². The van der Waals surface area contributed by atoms with Gasteiger partial charge in [-0.3, -0.25) is 9.36 Å². The van der Waals surface area contributed by atoms with E-state index in [9.17, 15) is 9.90 Å². The van der Waals surface area contributed by atoms with Crippen LogP contribution in [0.5, 0.6) is 0 Å². The number of aliphatic hydroxyl groups excluding tert-OH is 1. The number of hydrogen-bond acceptors (Lipinski definition) is 5. The molecule has 0 aliphatic heterocycles. The topological polar surface area (TPSA) is 80.0 Å². The highest BCUT2D eigenvalue weighted by atomic mass is 35.5. The first-order chi connectivity index (χ1) is 12.9. The molecule has 0 atom stereocenters. The smallest absolute Gasteiger partial charge is 0.259 e. The molecule has 6 nitrogen and oxygen atoms in total. The zero-order valence-electron chi connectivity index (χ0n) is 15.7. The van der Waals surface area contributed by atoms with Gasteiger partial charge in [0, 0.05) is 34.8 Å². The lowest BCUT2D eigenvalue weighted by Crippen LogP contribution is -2.41. The highest BCUT2D eigenvalue weighted by Crippen LogP contribution is 2.27. The number of anilines is 1. The summed E-state index contributed by atoms with van der Waals surface area (Å²) in [5, 5.41) is 14.2. The fourth-order valence-electron chi connectivity index (χ4n) is 3.11. The summed E-state index contributed by atoms with van der Waals surface area (Å²) in [6, 6.07) is 9.01. The van der Waals surface area contributed by atoms with Crippen molar-refractivity contribution in [2.24, 2.45) is 7.05 Å². The van der Waals surface area contributed by atoms with Crippen LogP contribution in [0.4, 0.5) is 5.95 Å². The van der Waals surface area contributed by atoms with Gasteiger partial charge in [-0.15, -0.1) is 0 Å². The first-order valence-electron chi connectivity index (χ1n) is 8.95. The molecule has 0 radical (unpaired) electrons. The normalized spacial score (nSPS) is 11.7. The summed E-state index contributed by atoms with van der Waals surface area (Å²) in [4.78, 5) is 21.8. The molecule has 2 heterocycles. The molecule has 142 valence electrons. The Morgan fingerprint density at radius 3 is 2.56 bits per heavy atom. The standard InChI is InChI=1S/C20H23ClN4O2/c1-4-20(5-2,12-26)24-19-22-11-13-10-15(14-8-6-7-9-16(14)21)18(27)25(3)17(13)23-19/h6-11,26H,4-5,12H2,1-3H3,(H,22,23,24). The molecule has 27 heavy (non-hydrogen) atoms. The number of nitrogens with one attached hydrogen (secondary N) is 1. The van der Waals surface area contributed by atoms with E-state index >= 15 is 0 Å². The van der Waals surface area contributed by atoms with Crippen LogP contribution in [-0.2, 0) is 7.05 Å². The molecule has 0 aliphatic carbocycles. The third kappa shape index (κ3) is 3.55. The van der Waals surface area contributed by atoms with Gasteiger partial charge in [-0.2, -0.15) is 4.98 Å². The van der Waals surface area contributed by atoms with E-state index in [2.05, 4.69) is 15.3 Å². The maximum absolute atomic E-state index is 12.9. The Hall–Kier alpha value is -2.44. The minimum Gasteiger partial charge on any atom is -0.394 e. The van der Waals surface area contributed by atoms with Crippen molar-refractivity contribution in [2.45, 2.75) is 32.2 Å². The summed E-state index contributed by atoms with van der Waals surface area (Å²) < 4.78 is 1.50. The van der Waals surface area contributed by atoms with Crippen LogP contribution in [-0.4, -0.2) is 31.8 Å². The minimum absolute atomic E-state index is 0.0221. The number of halogens is 1. The molecule has 7 heteroatoms. The fourth-order valence-corrected chi connectivity index (χ4v) is 3.34. The molecular formula is C20H23ClN4O2. The molecule has 2 N–H and O–H groups in total. The van der Waals surface area contributed by atoms with E-state index in [0.29, 0.717) is 27.7 Å². The number of fused-ring (bicyclic) bond motifs is 1. The van der Waals surface area contributed by atoms with Gasteiger partial charge < -0.3 is 10.4 Å². The minimum atomic E-state index is -0.482. The number of aryl methyl sites for hydroxylation is 1. The predicted octanol–water partition coefficient (Wildman–Crippen LogP) is 3.61. The molecule has 0 aliphatic rings. The molecule has 0 spiro atoms. The molecule has 0 bridgehead atoms. The number of nitrogens with zero attached hydrogens (tertiary/aromatic N) is 3. The molecule has 0 amide bonds. The summed E-state index contributed by atoms with van der Waals surface area (Å²) in [5.41, 5.74) is 1.04. The Labute approximate surface area is 162 Å². The van der Waals surface area contributed by atoms with Crippen molar-refractivity contribution < 1.29 is 5.11 Å². The van der Waals surface area contributed by atoms with Crippen molar-refractivity contribution in [3.8, 4) is 11.1 Å². The van der Waals surface area contributed by atoms with Crippen LogP contribution in [0, 0.1) is 0 Å². The van der Waals surface area contributed by atoms with Gasteiger partial charge in [-0.1, -0.05) is 43.6 Å². The van der Waals surface area contributed by atoms with Crippen LogP contribution >= 0.6 is 11.6 Å². The number of aliphatic hydroxyl groups is 1. The van der Waals surface area contributed by atoms with Crippen LogP contribution < -0.4 is 10.9 Å². The van der Waals surface area contributed by atoms with E-state index in [-0.39, 0.29) is 12.2 Å². The first kappa shape index (κ1) is 19.3. The van der Waals surface area contributed by atoms with E-state index in [1.54, 1.807) is 25.4 Å². The molecule has 1 aromatic carbocycles. The maximum Gasteiger partial charge on any atom is 0.259 e. The summed E-state index contributed by atoms with van der Waals surface area (Å²) in [6.45, 7) is 3.98. The third-order valence-corrected chi connectivity index (χ3v) is 5.48. The second-order valence-corrected chi connectivity index (χ2v) is 7.05. The van der Waals surface area contributed by atoms with Crippen molar-refractivity contribution in [3.05, 3.63) is 51.9 Å². The second-order valence-electron chi connectivity index (χ2n) is 6.65. The number of hydrogen-bond donors (Lipinski definition) is 2. The lowest BCUT2D eigenvalue weighted by atomic mass is 9.94. The molecule has 3 aromatic rings. The van der Waals surface area contributed by atoms with E-state index in [0.717, 1.165) is 18.2 Å². The van der Waals surface area contributed by atoms with Gasteiger partial charge in [-0.25, -0.2) is 4.98 Å². The van der Waals surface area contributed by atoms with Gasteiger partial charge in [0.05, 0.1) is 12.1 Å². The molecule has 0 saturated carbocycles. The molecule has 0 unspecified atom stereocenters. The third-order valence-electron chi connectivity index (χ3n) is 5.15. The summed E-state index contributed by atoms with van der Waals surface area (Å²) >= 11 is 6.27. The van der Waals surface area contributed by atoms with Gasteiger partial charge >= 0.3 is 0 Å². The van der Waals surface area contributed by atoms with Crippen molar-refractivity contribution in [1.82, 2.24) is 14.5 Å². The molecular weight excluding hydrogens is 364 g/mol. The Bertz CT molecular complexity index is 1020. The fraction of sp³-hybridized carbons (Fsp3) is 0.350. The van der Waals surface area contributed by atoms with Crippen molar-refractivity contribution in [1.29, 1.82) is 0 Å². The summed E-state index contributed by atoms with van der Waals surface area (Å²) in [5.74, 6) is 0.390. The number of benzene rings is 1. The van der Waals surface area contributed by atoms with Crippen LogP contribution in [0.1, 0.15) is 26.7 Å². The van der Waals surface area contributed by atoms with Gasteiger partial charge in [0.15, 0.2) is 0 Å². The Morgan fingerprint density at radius 2 is 1.93 bits per heavy atom. The van der Waals surface area contributed by atoms with Crippen LogP contribution in [0.3, 0.4) is 0 Å². The quantitative estimate of drug-likeness (QED) is 0.676. The van der Waals surface area contributed by atoms with Gasteiger partial charge in [0.1, 0.15) is 5.65 Å². The Kier molecular flexibility index (Phi) is 5.48. The molecule has 0 saturated heterocycles. The average molecular weight is 387 g/mol. The van der Waals surface area contributed by atoms with Gasteiger partial charge in [0.25, 0.3) is 5.56 Å². The van der Waals surface area contributed by atoms with Crippen LogP contribution in [0.2, 0.25) is 5.02 Å². The highest BCUT2D eigenvalue weighted by molar-refractivity contribution is 6.33. The number of pyridine rings is 1. The lowest BCUT2D eigenvalue weighted by molar-refractivity contribution is 0.201. The zero-order valence-corrected chi connectivity index (χ0v) is 16.4. The zero-order chi connectivity index (χ0) is 19.6. The maximum atomic E-state index is 12.9.